The van der Waals surface area contributed by atoms with Crippen molar-refractivity contribution in [2.75, 3.05) is 19.7 Å². The van der Waals surface area contributed by atoms with E-state index in [0.717, 1.165) is 19.4 Å². The molecule has 4 nitrogen and oxygen atoms in total. The van der Waals surface area contributed by atoms with Crippen molar-refractivity contribution in [3.05, 3.63) is 0 Å². The number of ether oxygens (including phenoxy) is 1. The normalized spacial score (nSPS) is 15.6. The van der Waals surface area contributed by atoms with E-state index in [-0.39, 0.29) is 22.8 Å². The highest BCUT2D eigenvalue weighted by Crippen LogP contribution is 2.38. The zero-order chi connectivity index (χ0) is 21.9. The molecule has 0 saturated carbocycles. The fourth-order valence-corrected chi connectivity index (χ4v) is 3.48. The molecular weight excluding hydrogens is 335 g/mol. The number of carbonyl (C=O) groups is 1. The first kappa shape index (κ1) is 28.7. The molecule has 1 amide bonds. The predicted molar refractivity (Wildman–Crippen MR) is 119 cm³/mol. The van der Waals surface area contributed by atoms with Crippen LogP contribution in [0.25, 0.3) is 0 Å². The summed E-state index contributed by atoms with van der Waals surface area (Å²) >= 11 is 0. The summed E-state index contributed by atoms with van der Waals surface area (Å²) in [4.78, 5) is 12.3. The fourth-order valence-electron chi connectivity index (χ4n) is 3.48. The largest absolute Gasteiger partial charge is 0.378 e. The van der Waals surface area contributed by atoms with E-state index in [2.05, 4.69) is 53.8 Å². The second-order valence-corrected chi connectivity index (χ2v) is 10.0. The van der Waals surface area contributed by atoms with Gasteiger partial charge in [0.05, 0.1) is 20.6 Å². The van der Waals surface area contributed by atoms with E-state index >= 15 is 0 Å². The van der Waals surface area contributed by atoms with Crippen LogP contribution in [0.5, 0.6) is 0 Å². The van der Waals surface area contributed by atoms with Crippen molar-refractivity contribution in [2.45, 2.75) is 99.9 Å². The molecule has 27 heavy (non-hydrogen) atoms. The predicted octanol–water partition coefficient (Wildman–Crippen LogP) is 4.72. The van der Waals surface area contributed by atoms with Gasteiger partial charge in [0.15, 0.2) is 0 Å². The number of amides is 1. The van der Waals surface area contributed by atoms with Gasteiger partial charge in [0.25, 0.3) is 0 Å². The van der Waals surface area contributed by atoms with Gasteiger partial charge in [-0.15, -0.1) is 0 Å². The van der Waals surface area contributed by atoms with E-state index in [1.54, 1.807) is 0 Å². The van der Waals surface area contributed by atoms with Crippen molar-refractivity contribution in [1.82, 2.24) is 5.32 Å². The lowest BCUT2D eigenvalue weighted by Gasteiger charge is -2.34. The highest BCUT2D eigenvalue weighted by molar-refractivity contribution is 6.15. The van der Waals surface area contributed by atoms with Gasteiger partial charge < -0.3 is 15.8 Å². The van der Waals surface area contributed by atoms with E-state index in [1.807, 2.05) is 20.8 Å². The van der Waals surface area contributed by atoms with Crippen molar-refractivity contribution in [1.29, 1.82) is 0 Å². The Bertz CT molecular complexity index is 407. The molecule has 0 heterocycles. The molecule has 5 heteroatoms. The summed E-state index contributed by atoms with van der Waals surface area (Å²) < 4.78 is 5.75. The molecule has 2 atom stereocenters. The SMILES string of the molecule is CC.[B]C(C)(CN)CC(C)(C)CC(=O)NCC(C)CC(C)(C)COC(C)C. The smallest absolute Gasteiger partial charge is 0.220 e. The van der Waals surface area contributed by atoms with Crippen LogP contribution in [-0.4, -0.2) is 39.6 Å². The molecule has 0 aromatic heterocycles. The standard InChI is InChI=1S/C20H41BN2O2.C2H6/c1-15(2)25-14-19(6,7)9-16(3)11-23-17(24)10-18(4,5)12-20(8,21)13-22;1-2/h15-16H,9-14,22H2,1-8H3,(H,23,24);1-2H3. The minimum Gasteiger partial charge on any atom is -0.378 e. The number of hydrogen-bond donors (Lipinski definition) is 2. The van der Waals surface area contributed by atoms with Gasteiger partial charge in [-0.2, -0.15) is 0 Å². The molecule has 0 aliphatic heterocycles. The molecule has 0 aromatic carbocycles. The van der Waals surface area contributed by atoms with Crippen molar-refractivity contribution in [2.24, 2.45) is 22.5 Å². The molecule has 0 bridgehead atoms. The van der Waals surface area contributed by atoms with E-state index < -0.39 is 5.31 Å². The molecule has 0 spiro atoms. The first-order chi connectivity index (χ1) is 12.2. The van der Waals surface area contributed by atoms with Gasteiger partial charge >= 0.3 is 0 Å². The lowest BCUT2D eigenvalue weighted by molar-refractivity contribution is -0.123. The lowest BCUT2D eigenvalue weighted by Crippen LogP contribution is -2.36. The molecule has 3 N–H and O–H groups in total. The Hall–Kier alpha value is -0.545. The topological polar surface area (TPSA) is 64.4 Å². The summed E-state index contributed by atoms with van der Waals surface area (Å²) in [6.45, 7) is 22.6. The summed E-state index contributed by atoms with van der Waals surface area (Å²) in [6.07, 6.45) is 2.45. The number of nitrogens with two attached hydrogens (primary N) is 1. The Morgan fingerprint density at radius 3 is 2.04 bits per heavy atom. The summed E-state index contributed by atoms with van der Waals surface area (Å²) in [5.74, 6) is 0.488. The van der Waals surface area contributed by atoms with E-state index in [4.69, 9.17) is 18.3 Å². The quantitative estimate of drug-likeness (QED) is 0.480. The van der Waals surface area contributed by atoms with Crippen molar-refractivity contribution >= 4 is 13.8 Å². The van der Waals surface area contributed by atoms with Crippen LogP contribution >= 0.6 is 0 Å². The minimum absolute atomic E-state index is 0.0842. The highest BCUT2D eigenvalue weighted by atomic mass is 16.5. The van der Waals surface area contributed by atoms with Crippen LogP contribution in [-0.2, 0) is 9.53 Å². The van der Waals surface area contributed by atoms with E-state index in [9.17, 15) is 4.79 Å². The van der Waals surface area contributed by atoms with Crippen LogP contribution in [0.3, 0.4) is 0 Å². The average molecular weight is 382 g/mol. The van der Waals surface area contributed by atoms with Gasteiger partial charge in [0.2, 0.25) is 5.91 Å². The Balaban J connectivity index is 0. The molecule has 0 aliphatic carbocycles. The van der Waals surface area contributed by atoms with Crippen molar-refractivity contribution in [3.8, 4) is 0 Å². The highest BCUT2D eigenvalue weighted by Gasteiger charge is 2.30. The first-order valence-corrected chi connectivity index (χ1v) is 10.6. The molecular formula is C22H47BN2O2. The van der Waals surface area contributed by atoms with Gasteiger partial charge in [-0.3, -0.25) is 4.79 Å². The third kappa shape index (κ3) is 16.1. The molecule has 0 aliphatic rings. The number of rotatable bonds is 12. The first-order valence-electron chi connectivity index (χ1n) is 10.6. The van der Waals surface area contributed by atoms with Crippen LogP contribution in [0.15, 0.2) is 0 Å². The van der Waals surface area contributed by atoms with E-state index in [0.29, 0.717) is 25.4 Å². The van der Waals surface area contributed by atoms with Crippen LogP contribution in [0.1, 0.15) is 88.5 Å². The van der Waals surface area contributed by atoms with Gasteiger partial charge in [-0.1, -0.05) is 60.7 Å². The maximum atomic E-state index is 12.3. The summed E-state index contributed by atoms with van der Waals surface area (Å²) in [5.41, 5.74) is 5.65. The third-order valence-corrected chi connectivity index (χ3v) is 4.34. The Labute approximate surface area is 171 Å². The summed E-state index contributed by atoms with van der Waals surface area (Å²) in [7, 11) is 6.15. The van der Waals surface area contributed by atoms with Gasteiger partial charge in [-0.25, -0.2) is 0 Å². The second-order valence-electron chi connectivity index (χ2n) is 10.0. The number of hydrogen-bond acceptors (Lipinski definition) is 3. The second kappa shape index (κ2) is 12.8. The van der Waals surface area contributed by atoms with Crippen LogP contribution in [0.2, 0.25) is 5.31 Å². The number of nitrogens with one attached hydrogen (secondary N) is 1. The Kier molecular flexibility index (Phi) is 13.6. The van der Waals surface area contributed by atoms with Crippen molar-refractivity contribution in [3.63, 3.8) is 0 Å². The van der Waals surface area contributed by atoms with E-state index in [1.165, 1.54) is 0 Å². The monoisotopic (exact) mass is 382 g/mol. The number of carbonyl (C=O) groups excluding carboxylic acids is 1. The van der Waals surface area contributed by atoms with Gasteiger partial charge in [0, 0.05) is 13.0 Å². The molecule has 2 unspecified atom stereocenters. The van der Waals surface area contributed by atoms with Gasteiger partial charge in [0.1, 0.15) is 0 Å². The van der Waals surface area contributed by atoms with Gasteiger partial charge in [-0.05, 0) is 50.0 Å². The average Bonchev–Trinajstić information content (AvgIpc) is 2.51. The van der Waals surface area contributed by atoms with Crippen LogP contribution in [0.4, 0.5) is 0 Å². The zero-order valence-corrected chi connectivity index (χ0v) is 19.9. The molecule has 160 valence electrons. The minimum atomic E-state index is -0.433. The molecule has 0 saturated heterocycles. The Morgan fingerprint density at radius 2 is 1.59 bits per heavy atom. The maximum absolute atomic E-state index is 12.3. The Morgan fingerprint density at radius 1 is 1.07 bits per heavy atom. The van der Waals surface area contributed by atoms with Crippen LogP contribution in [0, 0.1) is 16.7 Å². The molecule has 0 aromatic rings. The summed E-state index contributed by atoms with van der Waals surface area (Å²) in [6, 6.07) is 0. The molecule has 0 rings (SSSR count). The molecule has 2 radical (unpaired) electrons. The lowest BCUT2D eigenvalue weighted by atomic mass is 9.61. The van der Waals surface area contributed by atoms with Crippen LogP contribution < -0.4 is 11.1 Å². The summed E-state index contributed by atoms with van der Waals surface area (Å²) in [5, 5.41) is 2.64. The molecule has 0 fully saturated rings. The maximum Gasteiger partial charge on any atom is 0.220 e. The fraction of sp³-hybridized carbons (Fsp3) is 0.955. The van der Waals surface area contributed by atoms with Crippen molar-refractivity contribution < 1.29 is 9.53 Å². The zero-order valence-electron chi connectivity index (χ0n) is 19.9. The third-order valence-electron chi connectivity index (χ3n) is 4.34.